The SMILES string of the molecule is C=C/C=C\C(=C/C)N1C(=O)/C(=C/c2cn(Cc3ccc(Cl)c(Cl)c3)c3ccccc23)C(=O)N=C1SCC(=O)NC(c1ccccc1)c1ccccc1. The number of aliphatic imine (C=N–C) groups is 1. The third-order valence-corrected chi connectivity index (χ3v) is 10.0. The van der Waals surface area contributed by atoms with Crippen LogP contribution in [0.15, 0.2) is 156 Å². The normalized spacial score (nSPS) is 14.5. The van der Waals surface area contributed by atoms with Gasteiger partial charge in [-0.2, -0.15) is 4.99 Å². The van der Waals surface area contributed by atoms with E-state index in [0.717, 1.165) is 39.4 Å². The van der Waals surface area contributed by atoms with Crippen LogP contribution >= 0.6 is 35.0 Å². The number of rotatable bonds is 11. The number of benzene rings is 4. The Morgan fingerprint density at radius 2 is 1.60 bits per heavy atom. The molecule has 0 saturated carbocycles. The predicted octanol–water partition coefficient (Wildman–Crippen LogP) is 9.39. The first-order valence-corrected chi connectivity index (χ1v) is 18.2. The Hall–Kier alpha value is -5.41. The molecule has 0 unspecified atom stereocenters. The van der Waals surface area contributed by atoms with Gasteiger partial charge in [0.2, 0.25) is 5.91 Å². The molecule has 3 amide bonds. The number of halogens is 2. The minimum atomic E-state index is -0.694. The molecular formula is C42H34Cl2N4O3S. The van der Waals surface area contributed by atoms with Gasteiger partial charge in [-0.3, -0.25) is 19.3 Å². The molecule has 1 aromatic heterocycles. The van der Waals surface area contributed by atoms with Crippen LogP contribution in [0.1, 0.15) is 35.2 Å². The monoisotopic (exact) mass is 744 g/mol. The third kappa shape index (κ3) is 8.21. The molecule has 6 rings (SSSR count). The van der Waals surface area contributed by atoms with E-state index in [2.05, 4.69) is 16.9 Å². The number of amides is 3. The molecule has 4 aromatic carbocycles. The molecule has 2 heterocycles. The maximum atomic E-state index is 14.3. The number of hydrogen-bond acceptors (Lipinski definition) is 4. The lowest BCUT2D eigenvalue weighted by Crippen LogP contribution is -2.42. The minimum absolute atomic E-state index is 0.0878. The molecule has 0 radical (unpaired) electrons. The summed E-state index contributed by atoms with van der Waals surface area (Å²) in [5, 5.41) is 4.99. The Kier molecular flexibility index (Phi) is 11.7. The molecule has 1 aliphatic rings. The summed E-state index contributed by atoms with van der Waals surface area (Å²) in [5.41, 5.74) is 4.74. The molecule has 1 N–H and O–H groups in total. The Morgan fingerprint density at radius 3 is 2.25 bits per heavy atom. The van der Waals surface area contributed by atoms with Gasteiger partial charge in [0.1, 0.15) is 5.57 Å². The predicted molar refractivity (Wildman–Crippen MR) is 213 cm³/mol. The fraction of sp³-hybridized carbons (Fsp3) is 0.0952. The lowest BCUT2D eigenvalue weighted by atomic mass is 9.99. The van der Waals surface area contributed by atoms with Crippen molar-refractivity contribution in [3.8, 4) is 0 Å². The van der Waals surface area contributed by atoms with Gasteiger partial charge in [-0.1, -0.05) is 145 Å². The summed E-state index contributed by atoms with van der Waals surface area (Å²) < 4.78 is 2.03. The van der Waals surface area contributed by atoms with Gasteiger partial charge < -0.3 is 9.88 Å². The van der Waals surface area contributed by atoms with E-state index in [0.29, 0.717) is 27.9 Å². The number of fused-ring (bicyclic) bond motifs is 1. The average Bonchev–Trinajstić information content (AvgIpc) is 3.51. The summed E-state index contributed by atoms with van der Waals surface area (Å²) in [5.74, 6) is -1.63. The van der Waals surface area contributed by atoms with E-state index in [9.17, 15) is 14.4 Å². The standard InChI is InChI=1S/C42H34Cl2N4O3S/c1-3-5-18-32(4-2)48-41(51)34(24-31-26-47(37-20-13-12-19-33(31)37)25-28-21-22-35(43)36(44)23-28)40(50)46-42(48)52-27-38(49)45-39(29-14-8-6-9-15-29)30-16-10-7-11-17-30/h3-24,26,39H,1,25,27H2,2H3,(H,45,49)/b18-5-,32-4+,34-24+. The summed E-state index contributed by atoms with van der Waals surface area (Å²) >= 11 is 13.5. The second-order valence-electron chi connectivity index (χ2n) is 11.8. The maximum Gasteiger partial charge on any atom is 0.285 e. The first kappa shape index (κ1) is 36.4. The minimum Gasteiger partial charge on any atom is -0.344 e. The quantitative estimate of drug-likeness (QED) is 0.0830. The van der Waals surface area contributed by atoms with Crippen molar-refractivity contribution < 1.29 is 14.4 Å². The highest BCUT2D eigenvalue weighted by atomic mass is 35.5. The second-order valence-corrected chi connectivity index (χ2v) is 13.6. The summed E-state index contributed by atoms with van der Waals surface area (Å²) in [4.78, 5) is 47.2. The number of aromatic nitrogens is 1. The van der Waals surface area contributed by atoms with Gasteiger partial charge in [0.05, 0.1) is 21.8 Å². The largest absolute Gasteiger partial charge is 0.344 e. The van der Waals surface area contributed by atoms with Crippen LogP contribution in [0.2, 0.25) is 10.0 Å². The molecule has 7 nitrogen and oxygen atoms in total. The van der Waals surface area contributed by atoms with Crippen molar-refractivity contribution in [3.63, 3.8) is 0 Å². The molecule has 1 aliphatic heterocycles. The van der Waals surface area contributed by atoms with Gasteiger partial charge >= 0.3 is 0 Å². The molecule has 10 heteroatoms. The number of para-hydroxylation sites is 1. The number of nitrogens with zero attached hydrogens (tertiary/aromatic N) is 3. The lowest BCUT2D eigenvalue weighted by molar-refractivity contribution is -0.126. The summed E-state index contributed by atoms with van der Waals surface area (Å²) in [6, 6.07) is 32.2. The van der Waals surface area contributed by atoms with Crippen molar-refractivity contribution in [2.45, 2.75) is 19.5 Å². The number of nitrogens with one attached hydrogen (secondary N) is 1. The smallest absolute Gasteiger partial charge is 0.285 e. The number of carbonyl (C=O) groups excluding carboxylic acids is 3. The first-order valence-electron chi connectivity index (χ1n) is 16.5. The molecule has 52 heavy (non-hydrogen) atoms. The highest BCUT2D eigenvalue weighted by Gasteiger charge is 2.35. The fourth-order valence-corrected chi connectivity index (χ4v) is 7.03. The van der Waals surface area contributed by atoms with E-state index in [1.54, 1.807) is 43.4 Å². The van der Waals surface area contributed by atoms with Crippen LogP contribution in [0.25, 0.3) is 17.0 Å². The molecule has 0 fully saturated rings. The summed E-state index contributed by atoms with van der Waals surface area (Å²) in [6.45, 7) is 6.02. The molecular weight excluding hydrogens is 711 g/mol. The van der Waals surface area contributed by atoms with Crippen LogP contribution < -0.4 is 5.32 Å². The van der Waals surface area contributed by atoms with Crippen molar-refractivity contribution in [2.75, 3.05) is 5.75 Å². The van der Waals surface area contributed by atoms with Crippen LogP contribution in [0.3, 0.4) is 0 Å². The molecule has 0 aliphatic carbocycles. The number of amidine groups is 1. The zero-order valence-electron chi connectivity index (χ0n) is 28.2. The summed E-state index contributed by atoms with van der Waals surface area (Å²) in [7, 11) is 0. The van der Waals surface area contributed by atoms with Gasteiger partial charge in [0.15, 0.2) is 5.17 Å². The Bertz CT molecular complexity index is 2240. The van der Waals surface area contributed by atoms with Crippen LogP contribution in [0, 0.1) is 0 Å². The highest BCUT2D eigenvalue weighted by Crippen LogP contribution is 2.31. The molecule has 5 aromatic rings. The van der Waals surface area contributed by atoms with E-state index in [1.165, 1.54) is 4.90 Å². The number of carbonyl (C=O) groups is 3. The van der Waals surface area contributed by atoms with Gasteiger partial charge in [-0.15, -0.1) is 0 Å². The Morgan fingerprint density at radius 1 is 0.923 bits per heavy atom. The van der Waals surface area contributed by atoms with Crippen molar-refractivity contribution in [1.82, 2.24) is 14.8 Å². The molecule has 0 saturated heterocycles. The Balaban J connectivity index is 1.31. The van der Waals surface area contributed by atoms with Crippen LogP contribution in [0.4, 0.5) is 0 Å². The zero-order chi connectivity index (χ0) is 36.6. The molecule has 0 bridgehead atoms. The number of allylic oxidation sites excluding steroid dienone is 4. The van der Waals surface area contributed by atoms with E-state index >= 15 is 0 Å². The van der Waals surface area contributed by atoms with Gasteiger partial charge in [0.25, 0.3) is 11.8 Å². The maximum absolute atomic E-state index is 14.3. The Labute approximate surface area is 316 Å². The average molecular weight is 746 g/mol. The van der Waals surface area contributed by atoms with E-state index in [1.807, 2.05) is 108 Å². The van der Waals surface area contributed by atoms with Gasteiger partial charge in [0, 0.05) is 34.9 Å². The fourth-order valence-electron chi connectivity index (χ4n) is 5.90. The highest BCUT2D eigenvalue weighted by molar-refractivity contribution is 8.14. The van der Waals surface area contributed by atoms with E-state index in [4.69, 9.17) is 23.2 Å². The van der Waals surface area contributed by atoms with Crippen molar-refractivity contribution in [1.29, 1.82) is 0 Å². The number of thioether (sulfide) groups is 1. The molecule has 0 atom stereocenters. The summed E-state index contributed by atoms with van der Waals surface area (Å²) in [6.07, 6.45) is 10.2. The van der Waals surface area contributed by atoms with Crippen molar-refractivity contribution >= 4 is 74.8 Å². The first-order chi connectivity index (χ1) is 25.3. The van der Waals surface area contributed by atoms with Gasteiger partial charge in [-0.05, 0) is 54.0 Å². The number of hydrogen-bond donors (Lipinski definition) is 1. The van der Waals surface area contributed by atoms with Gasteiger partial charge in [-0.25, -0.2) is 0 Å². The topological polar surface area (TPSA) is 83.8 Å². The second kappa shape index (κ2) is 16.7. The van der Waals surface area contributed by atoms with Crippen LogP contribution in [-0.2, 0) is 20.9 Å². The van der Waals surface area contributed by atoms with Crippen molar-refractivity contribution in [2.24, 2.45) is 4.99 Å². The van der Waals surface area contributed by atoms with Crippen molar-refractivity contribution in [3.05, 3.63) is 184 Å². The third-order valence-electron chi connectivity index (χ3n) is 8.37. The van der Waals surface area contributed by atoms with E-state index in [-0.39, 0.29) is 22.4 Å². The zero-order valence-corrected chi connectivity index (χ0v) is 30.5. The lowest BCUT2D eigenvalue weighted by Gasteiger charge is -2.28. The van der Waals surface area contributed by atoms with Crippen LogP contribution in [0.5, 0.6) is 0 Å². The van der Waals surface area contributed by atoms with E-state index < -0.39 is 17.9 Å². The van der Waals surface area contributed by atoms with Crippen LogP contribution in [-0.4, -0.2) is 38.1 Å². The molecule has 260 valence electrons. The molecule has 0 spiro atoms.